The van der Waals surface area contributed by atoms with Crippen LogP contribution in [0.1, 0.15) is 39.0 Å². The van der Waals surface area contributed by atoms with Gasteiger partial charge in [0, 0.05) is 12.6 Å². The number of para-hydroxylation sites is 1. The lowest BCUT2D eigenvalue weighted by Crippen LogP contribution is -2.42. The molecule has 3 aromatic rings. The van der Waals surface area contributed by atoms with Crippen molar-refractivity contribution in [3.8, 4) is 0 Å². The fourth-order valence-corrected chi connectivity index (χ4v) is 5.54. The average Bonchev–Trinajstić information content (AvgIpc) is 3.21. The molecular weight excluding hydrogens is 352 g/mol. The van der Waals surface area contributed by atoms with Gasteiger partial charge < -0.3 is 4.90 Å². The van der Waals surface area contributed by atoms with Crippen LogP contribution in [0, 0.1) is 0 Å². The number of aromatic nitrogens is 3. The quantitative estimate of drug-likeness (QED) is 0.628. The van der Waals surface area contributed by atoms with E-state index in [2.05, 4.69) is 38.6 Å². The zero-order chi connectivity index (χ0) is 17.2. The van der Waals surface area contributed by atoms with E-state index in [1.54, 1.807) is 11.3 Å². The molecule has 1 saturated carbocycles. The summed E-state index contributed by atoms with van der Waals surface area (Å²) in [4.78, 5) is 15.7. The molecule has 1 fully saturated rings. The molecule has 2 aromatic heterocycles. The van der Waals surface area contributed by atoms with Crippen molar-refractivity contribution in [2.45, 2.75) is 50.2 Å². The van der Waals surface area contributed by atoms with Crippen LogP contribution in [0.25, 0.3) is 15.2 Å². The van der Waals surface area contributed by atoms with E-state index in [0.717, 1.165) is 35.0 Å². The van der Waals surface area contributed by atoms with Gasteiger partial charge in [0.25, 0.3) is 0 Å². The Hall–Kier alpha value is -1.60. The number of thioether (sulfide) groups is 1. The number of fused-ring (bicyclic) bond motifs is 3. The zero-order valence-electron chi connectivity index (χ0n) is 14.4. The van der Waals surface area contributed by atoms with Gasteiger partial charge in [-0.05, 0) is 31.9 Å². The minimum atomic E-state index is 0.218. The van der Waals surface area contributed by atoms with Crippen molar-refractivity contribution in [1.82, 2.24) is 19.5 Å². The first-order valence-electron chi connectivity index (χ1n) is 8.93. The Labute approximate surface area is 155 Å². The van der Waals surface area contributed by atoms with Gasteiger partial charge in [-0.3, -0.25) is 9.20 Å². The normalized spacial score (nSPS) is 15.9. The molecule has 1 amide bonds. The molecule has 5 nitrogen and oxygen atoms in total. The summed E-state index contributed by atoms with van der Waals surface area (Å²) in [5.41, 5.74) is 1.11. The van der Waals surface area contributed by atoms with Gasteiger partial charge >= 0.3 is 0 Å². The van der Waals surface area contributed by atoms with Crippen molar-refractivity contribution in [3.63, 3.8) is 0 Å². The fraction of sp³-hybridized carbons (Fsp3) is 0.500. The minimum absolute atomic E-state index is 0.218. The Morgan fingerprint density at radius 3 is 2.88 bits per heavy atom. The first kappa shape index (κ1) is 16.8. The molecule has 0 radical (unpaired) electrons. The van der Waals surface area contributed by atoms with Crippen LogP contribution in [0.15, 0.2) is 29.4 Å². The summed E-state index contributed by atoms with van der Waals surface area (Å²) in [5.74, 6) is 0.644. The molecule has 25 heavy (non-hydrogen) atoms. The highest BCUT2D eigenvalue weighted by atomic mass is 32.2. The highest BCUT2D eigenvalue weighted by Gasteiger charge is 2.24. The second-order valence-electron chi connectivity index (χ2n) is 6.43. The molecule has 1 aromatic carbocycles. The Balaban J connectivity index is 1.50. The number of benzene rings is 1. The summed E-state index contributed by atoms with van der Waals surface area (Å²) < 4.78 is 3.26. The van der Waals surface area contributed by atoms with E-state index in [9.17, 15) is 4.79 Å². The average molecular weight is 375 g/mol. The molecule has 0 bridgehead atoms. The van der Waals surface area contributed by atoms with Gasteiger partial charge in [-0.1, -0.05) is 54.5 Å². The standard InChI is InChI=1S/C18H22N4OS2/c1-2-21(13-8-4-3-5-9-13)16(23)12-24-17-19-20-18-22(17)14-10-6-7-11-15(14)25-18/h6-7,10-11,13H,2-5,8-9,12H2,1H3. The smallest absolute Gasteiger partial charge is 0.233 e. The first-order valence-corrected chi connectivity index (χ1v) is 10.7. The van der Waals surface area contributed by atoms with Crippen LogP contribution in [-0.4, -0.2) is 43.7 Å². The molecule has 0 unspecified atom stereocenters. The summed E-state index contributed by atoms with van der Waals surface area (Å²) in [6, 6.07) is 8.65. The van der Waals surface area contributed by atoms with Gasteiger partial charge in [-0.15, -0.1) is 10.2 Å². The molecule has 0 saturated heterocycles. The Kier molecular flexibility index (Phi) is 4.94. The fourth-order valence-electron chi connectivity index (χ4n) is 3.69. The number of hydrogen-bond donors (Lipinski definition) is 0. The van der Waals surface area contributed by atoms with Crippen molar-refractivity contribution in [3.05, 3.63) is 24.3 Å². The lowest BCUT2D eigenvalue weighted by molar-refractivity contribution is -0.131. The second-order valence-corrected chi connectivity index (χ2v) is 8.38. The third kappa shape index (κ3) is 3.27. The lowest BCUT2D eigenvalue weighted by atomic mass is 9.94. The molecule has 1 aliphatic carbocycles. The second kappa shape index (κ2) is 7.33. The molecule has 7 heteroatoms. The SMILES string of the molecule is CCN(C(=O)CSc1nnc2sc3ccccc3n12)C1CCCCC1. The highest BCUT2D eigenvalue weighted by molar-refractivity contribution is 7.99. The maximum atomic E-state index is 12.8. The summed E-state index contributed by atoms with van der Waals surface area (Å²) in [5, 5.41) is 9.37. The number of amides is 1. The summed E-state index contributed by atoms with van der Waals surface area (Å²) in [6.07, 6.45) is 6.09. The number of carbonyl (C=O) groups is 1. The number of thiazole rings is 1. The lowest BCUT2D eigenvalue weighted by Gasteiger charge is -2.33. The van der Waals surface area contributed by atoms with E-state index in [-0.39, 0.29) is 5.91 Å². The van der Waals surface area contributed by atoms with Crippen LogP contribution in [0.2, 0.25) is 0 Å². The van der Waals surface area contributed by atoms with Gasteiger partial charge in [0.2, 0.25) is 10.9 Å². The molecule has 2 heterocycles. The van der Waals surface area contributed by atoms with Crippen molar-refractivity contribution in [1.29, 1.82) is 0 Å². The number of nitrogens with zero attached hydrogens (tertiary/aromatic N) is 4. The third-order valence-electron chi connectivity index (χ3n) is 4.91. The van der Waals surface area contributed by atoms with E-state index in [1.807, 2.05) is 12.1 Å². The van der Waals surface area contributed by atoms with Gasteiger partial charge in [-0.25, -0.2) is 0 Å². The van der Waals surface area contributed by atoms with E-state index in [1.165, 1.54) is 35.7 Å². The van der Waals surface area contributed by atoms with Crippen LogP contribution < -0.4 is 0 Å². The third-order valence-corrected chi connectivity index (χ3v) is 6.84. The number of rotatable bonds is 5. The van der Waals surface area contributed by atoms with Crippen molar-refractivity contribution in [2.75, 3.05) is 12.3 Å². The van der Waals surface area contributed by atoms with Crippen molar-refractivity contribution < 1.29 is 4.79 Å². The number of hydrogen-bond acceptors (Lipinski definition) is 5. The van der Waals surface area contributed by atoms with E-state index in [4.69, 9.17) is 0 Å². The Morgan fingerprint density at radius 1 is 1.28 bits per heavy atom. The monoisotopic (exact) mass is 374 g/mol. The van der Waals surface area contributed by atoms with Crippen LogP contribution in [0.5, 0.6) is 0 Å². The van der Waals surface area contributed by atoms with E-state index >= 15 is 0 Å². The van der Waals surface area contributed by atoms with Crippen LogP contribution in [0.4, 0.5) is 0 Å². The predicted octanol–water partition coefficient (Wildman–Crippen LogP) is 4.22. The first-order chi connectivity index (χ1) is 12.3. The molecule has 4 rings (SSSR count). The minimum Gasteiger partial charge on any atom is -0.339 e. The Bertz CT molecular complexity index is 882. The predicted molar refractivity (Wildman–Crippen MR) is 103 cm³/mol. The molecule has 1 aliphatic rings. The molecule has 0 atom stereocenters. The molecule has 0 spiro atoms. The summed E-state index contributed by atoms with van der Waals surface area (Å²) >= 11 is 3.13. The van der Waals surface area contributed by atoms with Gasteiger partial charge in [0.05, 0.1) is 16.0 Å². The van der Waals surface area contributed by atoms with Gasteiger partial charge in [0.15, 0.2) is 5.16 Å². The summed E-state index contributed by atoms with van der Waals surface area (Å²) in [6.45, 7) is 2.87. The van der Waals surface area contributed by atoms with Gasteiger partial charge in [0.1, 0.15) is 0 Å². The molecule has 0 aliphatic heterocycles. The molecular formula is C18H22N4OS2. The van der Waals surface area contributed by atoms with Crippen LogP contribution in [-0.2, 0) is 4.79 Å². The van der Waals surface area contributed by atoms with Crippen LogP contribution >= 0.6 is 23.1 Å². The summed E-state index contributed by atoms with van der Waals surface area (Å²) in [7, 11) is 0. The Morgan fingerprint density at radius 2 is 2.08 bits per heavy atom. The van der Waals surface area contributed by atoms with Gasteiger partial charge in [-0.2, -0.15) is 0 Å². The maximum absolute atomic E-state index is 12.8. The molecule has 132 valence electrons. The highest BCUT2D eigenvalue weighted by Crippen LogP contribution is 2.30. The van der Waals surface area contributed by atoms with Crippen LogP contribution in [0.3, 0.4) is 0 Å². The maximum Gasteiger partial charge on any atom is 0.233 e. The van der Waals surface area contributed by atoms with E-state index < -0.39 is 0 Å². The van der Waals surface area contributed by atoms with E-state index in [0.29, 0.717) is 11.8 Å². The van der Waals surface area contributed by atoms with Crippen molar-refractivity contribution >= 4 is 44.2 Å². The number of carbonyl (C=O) groups excluding carboxylic acids is 1. The largest absolute Gasteiger partial charge is 0.339 e. The van der Waals surface area contributed by atoms with Crippen molar-refractivity contribution in [2.24, 2.45) is 0 Å². The topological polar surface area (TPSA) is 50.5 Å². The molecule has 0 N–H and O–H groups in total. The zero-order valence-corrected chi connectivity index (χ0v) is 16.0.